The summed E-state index contributed by atoms with van der Waals surface area (Å²) in [5.74, 6) is 0.0349. The summed E-state index contributed by atoms with van der Waals surface area (Å²) >= 11 is 0. The van der Waals surface area contributed by atoms with Gasteiger partial charge in [-0.15, -0.1) is 10.2 Å². The fraction of sp³-hybridized carbons (Fsp3) is 0.308. The predicted octanol–water partition coefficient (Wildman–Crippen LogP) is -0.740. The number of aryl methyl sites for hydroxylation is 1. The second-order valence-electron chi connectivity index (χ2n) is 5.39. The van der Waals surface area contributed by atoms with Crippen molar-refractivity contribution in [2.45, 2.75) is 5.03 Å². The first-order chi connectivity index (χ1) is 13.8. The SMILES string of the molecule is COc1cc(OC)nc(NC(=O)N(C)S(=O)(=O)c2[nH]ncc2-c2nnn(C)n2)n1. The third-order valence-corrected chi connectivity index (χ3v) is 5.29. The molecule has 0 unspecified atom stereocenters. The number of carbonyl (C=O) groups excluding carboxylic acids is 1. The van der Waals surface area contributed by atoms with Gasteiger partial charge in [-0.25, -0.2) is 9.10 Å². The molecule has 29 heavy (non-hydrogen) atoms. The summed E-state index contributed by atoms with van der Waals surface area (Å²) < 4.78 is 36.2. The Balaban J connectivity index is 1.87. The largest absolute Gasteiger partial charge is 0.481 e. The minimum absolute atomic E-state index is 0.0227. The molecule has 3 aromatic rings. The van der Waals surface area contributed by atoms with Gasteiger partial charge in [-0.3, -0.25) is 10.4 Å². The Kier molecular flexibility index (Phi) is 5.26. The van der Waals surface area contributed by atoms with E-state index in [1.807, 2.05) is 0 Å². The summed E-state index contributed by atoms with van der Waals surface area (Å²) in [5.41, 5.74) is 0.0528. The number of H-pyrrole nitrogens is 1. The maximum Gasteiger partial charge on any atom is 0.337 e. The molecule has 0 saturated carbocycles. The molecule has 0 saturated heterocycles. The second kappa shape index (κ2) is 7.66. The molecule has 0 aromatic carbocycles. The molecule has 0 atom stereocenters. The lowest BCUT2D eigenvalue weighted by Gasteiger charge is -2.17. The Morgan fingerprint density at radius 2 is 1.90 bits per heavy atom. The smallest absolute Gasteiger partial charge is 0.337 e. The first-order valence-electron chi connectivity index (χ1n) is 7.81. The number of methoxy groups -OCH3 is 2. The van der Waals surface area contributed by atoms with Gasteiger partial charge in [-0.1, -0.05) is 0 Å². The Morgan fingerprint density at radius 3 is 2.45 bits per heavy atom. The average molecular weight is 424 g/mol. The Bertz CT molecular complexity index is 1120. The van der Waals surface area contributed by atoms with Crippen LogP contribution >= 0.6 is 0 Å². The number of hydrogen-bond donors (Lipinski definition) is 2. The van der Waals surface area contributed by atoms with Crippen LogP contribution in [0.4, 0.5) is 10.7 Å². The molecular formula is C13H16N10O5S. The van der Waals surface area contributed by atoms with Gasteiger partial charge in [0.15, 0.2) is 5.03 Å². The Hall–Kier alpha value is -3.82. The lowest BCUT2D eigenvalue weighted by Crippen LogP contribution is -2.37. The quantitative estimate of drug-likeness (QED) is 0.508. The fourth-order valence-electron chi connectivity index (χ4n) is 2.11. The van der Waals surface area contributed by atoms with Crippen molar-refractivity contribution in [1.29, 1.82) is 0 Å². The maximum atomic E-state index is 12.9. The first-order valence-corrected chi connectivity index (χ1v) is 9.25. The van der Waals surface area contributed by atoms with Crippen LogP contribution in [0.2, 0.25) is 0 Å². The van der Waals surface area contributed by atoms with Gasteiger partial charge < -0.3 is 9.47 Å². The molecule has 0 aliphatic carbocycles. The Morgan fingerprint density at radius 1 is 1.24 bits per heavy atom. The average Bonchev–Trinajstić information content (AvgIpc) is 3.35. The highest BCUT2D eigenvalue weighted by molar-refractivity contribution is 7.89. The third kappa shape index (κ3) is 3.91. The van der Waals surface area contributed by atoms with Crippen LogP contribution in [0.3, 0.4) is 0 Å². The van der Waals surface area contributed by atoms with Crippen LogP contribution in [0, 0.1) is 0 Å². The number of sulfonamides is 1. The van der Waals surface area contributed by atoms with Gasteiger partial charge in [0, 0.05) is 7.05 Å². The molecule has 154 valence electrons. The van der Waals surface area contributed by atoms with Gasteiger partial charge in [0.1, 0.15) is 0 Å². The molecule has 0 spiro atoms. The van der Waals surface area contributed by atoms with E-state index in [9.17, 15) is 13.2 Å². The summed E-state index contributed by atoms with van der Waals surface area (Å²) in [6, 6.07) is 0.355. The highest BCUT2D eigenvalue weighted by Crippen LogP contribution is 2.24. The summed E-state index contributed by atoms with van der Waals surface area (Å²) in [6.45, 7) is 0. The van der Waals surface area contributed by atoms with Crippen molar-refractivity contribution < 1.29 is 22.7 Å². The van der Waals surface area contributed by atoms with Crippen molar-refractivity contribution in [2.75, 3.05) is 26.6 Å². The van der Waals surface area contributed by atoms with Gasteiger partial charge in [-0.05, 0) is 5.21 Å². The number of nitrogens with one attached hydrogen (secondary N) is 2. The van der Waals surface area contributed by atoms with Crippen molar-refractivity contribution in [3.8, 4) is 23.1 Å². The summed E-state index contributed by atoms with van der Waals surface area (Å²) in [5, 5.41) is 19.3. The molecule has 0 fully saturated rings. The van der Waals surface area contributed by atoms with E-state index in [0.29, 0.717) is 4.31 Å². The van der Waals surface area contributed by atoms with E-state index in [4.69, 9.17) is 9.47 Å². The molecule has 0 radical (unpaired) electrons. The number of aromatic amines is 1. The second-order valence-corrected chi connectivity index (χ2v) is 7.30. The molecule has 0 aliphatic rings. The number of rotatable bonds is 6. The van der Waals surface area contributed by atoms with Crippen molar-refractivity contribution in [1.82, 2.24) is 44.7 Å². The number of tetrazole rings is 1. The molecule has 0 bridgehead atoms. The first kappa shape index (κ1) is 19.9. The molecule has 3 aromatic heterocycles. The number of anilines is 1. The molecular weight excluding hydrogens is 408 g/mol. The van der Waals surface area contributed by atoms with Crippen LogP contribution < -0.4 is 14.8 Å². The summed E-state index contributed by atoms with van der Waals surface area (Å²) in [6.07, 6.45) is 1.21. The monoisotopic (exact) mass is 424 g/mol. The van der Waals surface area contributed by atoms with Gasteiger partial charge >= 0.3 is 6.03 Å². The van der Waals surface area contributed by atoms with Crippen LogP contribution in [0.25, 0.3) is 11.4 Å². The van der Waals surface area contributed by atoms with Crippen LogP contribution in [-0.4, -0.2) is 80.4 Å². The van der Waals surface area contributed by atoms with Crippen LogP contribution in [0.15, 0.2) is 17.3 Å². The van der Waals surface area contributed by atoms with Crippen molar-refractivity contribution in [2.24, 2.45) is 7.05 Å². The van der Waals surface area contributed by atoms with Crippen LogP contribution in [0.5, 0.6) is 11.8 Å². The Labute approximate surface area is 164 Å². The zero-order valence-corrected chi connectivity index (χ0v) is 16.5. The van der Waals surface area contributed by atoms with E-state index < -0.39 is 16.1 Å². The number of aromatic nitrogens is 8. The lowest BCUT2D eigenvalue weighted by atomic mass is 10.3. The van der Waals surface area contributed by atoms with E-state index in [0.717, 1.165) is 11.8 Å². The van der Waals surface area contributed by atoms with E-state index in [1.165, 1.54) is 33.5 Å². The number of hydrogen-bond acceptors (Lipinski definition) is 11. The molecule has 3 heterocycles. The van der Waals surface area contributed by atoms with Gasteiger partial charge in [0.05, 0.1) is 39.1 Å². The standard InChI is InChI=1S/C13H16N10O5S/c1-22(13(24)17-12-15-8(27-3)5-9(16-12)28-4)29(25,26)11-7(6-14-19-11)10-18-21-23(2)20-10/h5-6H,1-4H3,(H,14,19)(H,15,16,17,24). The van der Waals surface area contributed by atoms with Gasteiger partial charge in [-0.2, -0.15) is 28.3 Å². The normalized spacial score (nSPS) is 11.2. The highest BCUT2D eigenvalue weighted by atomic mass is 32.2. The zero-order valence-electron chi connectivity index (χ0n) is 15.7. The number of ether oxygens (including phenoxy) is 2. The minimum Gasteiger partial charge on any atom is -0.481 e. The van der Waals surface area contributed by atoms with Crippen LogP contribution in [-0.2, 0) is 17.1 Å². The number of urea groups is 1. The minimum atomic E-state index is -4.35. The molecule has 2 amide bonds. The van der Waals surface area contributed by atoms with Crippen molar-refractivity contribution in [3.63, 3.8) is 0 Å². The third-order valence-electron chi connectivity index (χ3n) is 3.57. The number of amides is 2. The molecule has 3 rings (SSSR count). The number of nitrogens with zero attached hydrogens (tertiary/aromatic N) is 8. The van der Waals surface area contributed by atoms with Crippen LogP contribution in [0.1, 0.15) is 0 Å². The van der Waals surface area contributed by atoms with E-state index in [1.54, 1.807) is 0 Å². The topological polar surface area (TPSA) is 183 Å². The molecule has 16 heteroatoms. The summed E-state index contributed by atoms with van der Waals surface area (Å²) in [7, 11) is 0.956. The molecule has 15 nitrogen and oxygen atoms in total. The van der Waals surface area contributed by atoms with E-state index >= 15 is 0 Å². The number of carbonyl (C=O) groups is 1. The van der Waals surface area contributed by atoms with Crippen molar-refractivity contribution in [3.05, 3.63) is 12.3 Å². The van der Waals surface area contributed by atoms with Gasteiger partial charge in [0.25, 0.3) is 10.0 Å². The van der Waals surface area contributed by atoms with E-state index in [2.05, 4.69) is 40.9 Å². The fourth-order valence-corrected chi connectivity index (χ4v) is 3.24. The lowest BCUT2D eigenvalue weighted by molar-refractivity contribution is 0.240. The van der Waals surface area contributed by atoms with Crippen molar-refractivity contribution >= 4 is 22.0 Å². The molecule has 2 N–H and O–H groups in total. The maximum absolute atomic E-state index is 12.9. The molecule has 0 aliphatic heterocycles. The predicted molar refractivity (Wildman–Crippen MR) is 95.5 cm³/mol. The zero-order chi connectivity index (χ0) is 21.2. The van der Waals surface area contributed by atoms with Gasteiger partial charge in [0.2, 0.25) is 23.5 Å². The van der Waals surface area contributed by atoms with E-state index in [-0.39, 0.29) is 34.1 Å². The highest BCUT2D eigenvalue weighted by Gasteiger charge is 2.32. The summed E-state index contributed by atoms with van der Waals surface area (Å²) in [4.78, 5) is 21.5.